The maximum absolute atomic E-state index is 12.9. The molecule has 1 atom stereocenters. The SMILES string of the molecule is C[C@@H](C(=O)N=Nc1c(O)n(C)c2ccccc12)N(c1ccc(Oc2ccccc2)cc1)S(C)(=O)=O. The number of aromatic hydroxyl groups is 1. The molecule has 0 aliphatic rings. The summed E-state index contributed by atoms with van der Waals surface area (Å²) in [5, 5.41) is 18.7. The van der Waals surface area contributed by atoms with Crippen molar-refractivity contribution in [1.82, 2.24) is 4.57 Å². The van der Waals surface area contributed by atoms with Gasteiger partial charge in [0.1, 0.15) is 17.5 Å². The molecule has 0 fully saturated rings. The summed E-state index contributed by atoms with van der Waals surface area (Å²) in [7, 11) is -2.17. The third-order valence-electron chi connectivity index (χ3n) is 5.44. The van der Waals surface area contributed by atoms with E-state index in [1.54, 1.807) is 61.6 Å². The Balaban J connectivity index is 1.58. The van der Waals surface area contributed by atoms with Crippen LogP contribution in [0.1, 0.15) is 6.92 Å². The quantitative estimate of drug-likeness (QED) is 0.359. The van der Waals surface area contributed by atoms with Crippen LogP contribution in [-0.2, 0) is 21.9 Å². The van der Waals surface area contributed by atoms with Crippen LogP contribution >= 0.6 is 0 Å². The van der Waals surface area contributed by atoms with Gasteiger partial charge in [0.05, 0.1) is 17.5 Å². The Morgan fingerprint density at radius 1 is 0.971 bits per heavy atom. The molecule has 1 N–H and O–H groups in total. The Morgan fingerprint density at radius 3 is 2.23 bits per heavy atom. The van der Waals surface area contributed by atoms with E-state index in [0.717, 1.165) is 16.1 Å². The van der Waals surface area contributed by atoms with E-state index in [2.05, 4.69) is 10.2 Å². The minimum absolute atomic E-state index is 0.136. The minimum atomic E-state index is -3.84. The summed E-state index contributed by atoms with van der Waals surface area (Å²) >= 11 is 0. The van der Waals surface area contributed by atoms with E-state index in [1.807, 2.05) is 24.3 Å². The van der Waals surface area contributed by atoms with Gasteiger partial charge in [0.15, 0.2) is 5.69 Å². The summed E-state index contributed by atoms with van der Waals surface area (Å²) < 4.78 is 33.4. The molecule has 0 saturated carbocycles. The van der Waals surface area contributed by atoms with Crippen LogP contribution in [0, 0.1) is 0 Å². The summed E-state index contributed by atoms with van der Waals surface area (Å²) in [4.78, 5) is 12.9. The average molecular weight is 493 g/mol. The number of hydrogen-bond acceptors (Lipinski definition) is 6. The van der Waals surface area contributed by atoms with E-state index in [1.165, 1.54) is 11.5 Å². The fourth-order valence-corrected chi connectivity index (χ4v) is 4.90. The van der Waals surface area contributed by atoms with Gasteiger partial charge in [0.2, 0.25) is 15.9 Å². The van der Waals surface area contributed by atoms with Crippen molar-refractivity contribution in [3.05, 3.63) is 78.9 Å². The lowest BCUT2D eigenvalue weighted by Crippen LogP contribution is -2.42. The van der Waals surface area contributed by atoms with Gasteiger partial charge in [-0.3, -0.25) is 9.10 Å². The second-order valence-electron chi connectivity index (χ2n) is 7.93. The Bertz CT molecular complexity index is 1500. The van der Waals surface area contributed by atoms with Crippen LogP contribution < -0.4 is 9.04 Å². The molecule has 1 aromatic heterocycles. The van der Waals surface area contributed by atoms with Crippen molar-refractivity contribution >= 4 is 38.2 Å². The molecule has 0 saturated heterocycles. The zero-order chi connectivity index (χ0) is 25.2. The Kier molecular flexibility index (Phi) is 6.57. The zero-order valence-electron chi connectivity index (χ0n) is 19.4. The summed E-state index contributed by atoms with van der Waals surface area (Å²) in [5.74, 6) is 0.219. The highest BCUT2D eigenvalue weighted by molar-refractivity contribution is 7.92. The first-order valence-corrected chi connectivity index (χ1v) is 12.6. The van der Waals surface area contributed by atoms with Crippen molar-refractivity contribution < 1.29 is 23.1 Å². The number of sulfonamides is 1. The number of aromatic nitrogens is 1. The van der Waals surface area contributed by atoms with E-state index < -0.39 is 22.0 Å². The van der Waals surface area contributed by atoms with Gasteiger partial charge in [0, 0.05) is 12.4 Å². The molecule has 0 aliphatic carbocycles. The van der Waals surface area contributed by atoms with Crippen molar-refractivity contribution in [1.29, 1.82) is 0 Å². The highest BCUT2D eigenvalue weighted by Gasteiger charge is 2.29. The first kappa shape index (κ1) is 24.0. The molecular weight excluding hydrogens is 468 g/mol. The number of hydrogen-bond donors (Lipinski definition) is 1. The van der Waals surface area contributed by atoms with Crippen molar-refractivity contribution in [2.75, 3.05) is 10.6 Å². The number of carbonyl (C=O) groups excluding carboxylic acids is 1. The van der Waals surface area contributed by atoms with E-state index in [4.69, 9.17) is 4.74 Å². The number of para-hydroxylation sites is 2. The number of azo groups is 1. The fourth-order valence-electron chi connectivity index (χ4n) is 3.73. The van der Waals surface area contributed by atoms with Crippen LogP contribution in [0.25, 0.3) is 10.9 Å². The van der Waals surface area contributed by atoms with Gasteiger partial charge in [-0.05, 0) is 49.4 Å². The lowest BCUT2D eigenvalue weighted by Gasteiger charge is -2.26. The Morgan fingerprint density at radius 2 is 1.57 bits per heavy atom. The Hall–Kier alpha value is -4.18. The minimum Gasteiger partial charge on any atom is -0.493 e. The number of aryl methyl sites for hydroxylation is 1. The van der Waals surface area contributed by atoms with Gasteiger partial charge >= 0.3 is 0 Å². The predicted molar refractivity (Wildman–Crippen MR) is 134 cm³/mol. The molecule has 9 nitrogen and oxygen atoms in total. The molecule has 0 radical (unpaired) electrons. The highest BCUT2D eigenvalue weighted by Crippen LogP contribution is 2.38. The number of fused-ring (bicyclic) bond motifs is 1. The third-order valence-corrected chi connectivity index (χ3v) is 6.68. The number of carbonyl (C=O) groups is 1. The van der Waals surface area contributed by atoms with E-state index >= 15 is 0 Å². The molecular formula is C25H24N4O5S. The number of anilines is 1. The van der Waals surface area contributed by atoms with Crippen LogP contribution in [0.4, 0.5) is 11.4 Å². The van der Waals surface area contributed by atoms with Gasteiger partial charge < -0.3 is 14.4 Å². The molecule has 35 heavy (non-hydrogen) atoms. The average Bonchev–Trinajstić information content (AvgIpc) is 3.08. The van der Waals surface area contributed by atoms with Gasteiger partial charge in [-0.1, -0.05) is 36.4 Å². The summed E-state index contributed by atoms with van der Waals surface area (Å²) in [6, 6.07) is 21.5. The summed E-state index contributed by atoms with van der Waals surface area (Å²) in [5.41, 5.74) is 1.13. The normalized spacial score (nSPS) is 12.7. The fraction of sp³-hybridized carbons (Fsp3) is 0.160. The van der Waals surface area contributed by atoms with Crippen molar-refractivity contribution in [2.45, 2.75) is 13.0 Å². The van der Waals surface area contributed by atoms with Crippen LogP contribution in [0.3, 0.4) is 0 Å². The molecule has 4 rings (SSSR count). The van der Waals surface area contributed by atoms with Gasteiger partial charge in [-0.25, -0.2) is 8.42 Å². The number of rotatable bonds is 7. The van der Waals surface area contributed by atoms with Crippen molar-refractivity contribution in [3.63, 3.8) is 0 Å². The molecule has 0 unspecified atom stereocenters. The summed E-state index contributed by atoms with van der Waals surface area (Å²) in [6.07, 6.45) is 1.01. The lowest BCUT2D eigenvalue weighted by atomic mass is 10.2. The number of ether oxygens (including phenoxy) is 1. The van der Waals surface area contributed by atoms with Crippen molar-refractivity contribution in [2.24, 2.45) is 17.3 Å². The second-order valence-corrected chi connectivity index (χ2v) is 9.79. The molecule has 0 spiro atoms. The molecule has 1 heterocycles. The monoisotopic (exact) mass is 492 g/mol. The highest BCUT2D eigenvalue weighted by atomic mass is 32.2. The number of amides is 1. The van der Waals surface area contributed by atoms with Crippen LogP contribution in [0.15, 0.2) is 89.1 Å². The first-order chi connectivity index (χ1) is 16.7. The van der Waals surface area contributed by atoms with E-state index in [0.29, 0.717) is 16.9 Å². The van der Waals surface area contributed by atoms with E-state index in [-0.39, 0.29) is 17.3 Å². The van der Waals surface area contributed by atoms with Gasteiger partial charge in [-0.2, -0.15) is 0 Å². The molecule has 10 heteroatoms. The van der Waals surface area contributed by atoms with Crippen LogP contribution in [0.5, 0.6) is 17.4 Å². The smallest absolute Gasteiger partial charge is 0.287 e. The molecule has 0 aliphatic heterocycles. The van der Waals surface area contributed by atoms with E-state index in [9.17, 15) is 18.3 Å². The maximum atomic E-state index is 12.9. The second kappa shape index (κ2) is 9.59. The first-order valence-electron chi connectivity index (χ1n) is 10.7. The topological polar surface area (TPSA) is 114 Å². The zero-order valence-corrected chi connectivity index (χ0v) is 20.2. The summed E-state index contributed by atoms with van der Waals surface area (Å²) in [6.45, 7) is 1.43. The lowest BCUT2D eigenvalue weighted by molar-refractivity contribution is -0.119. The standard InChI is InChI=1S/C25H24N4O5S/c1-17(24(30)27-26-23-21-11-7-8-12-22(21)28(2)25(23)31)29(35(3,32)33)18-13-15-20(16-14-18)34-19-9-5-4-6-10-19/h4-17,31H,1-3H3/t17-/m0/s1. The largest absolute Gasteiger partial charge is 0.493 e. The molecule has 180 valence electrons. The molecule has 3 aromatic carbocycles. The molecule has 0 bridgehead atoms. The third kappa shape index (κ3) is 5.02. The number of benzene rings is 3. The van der Waals surface area contributed by atoms with Gasteiger partial charge in [0.25, 0.3) is 5.91 Å². The molecule has 4 aromatic rings. The predicted octanol–water partition coefficient (Wildman–Crippen LogP) is 5.14. The Labute approximate surface area is 203 Å². The number of nitrogens with zero attached hydrogens (tertiary/aromatic N) is 4. The van der Waals surface area contributed by atoms with Gasteiger partial charge in [-0.15, -0.1) is 10.2 Å². The maximum Gasteiger partial charge on any atom is 0.287 e. The van der Waals surface area contributed by atoms with Crippen molar-refractivity contribution in [3.8, 4) is 17.4 Å². The molecule has 1 amide bonds. The van der Waals surface area contributed by atoms with Crippen LogP contribution in [-0.4, -0.2) is 36.3 Å². The van der Waals surface area contributed by atoms with Crippen LogP contribution in [0.2, 0.25) is 0 Å².